The molecule has 1 aliphatic carbocycles. The molecule has 2 atom stereocenters. The number of hydrogen-bond donors (Lipinski definition) is 1. The molecule has 0 unspecified atom stereocenters. The number of carbonyl (C=O) groups excluding carboxylic acids is 1. The van der Waals surface area contributed by atoms with E-state index in [1.165, 1.54) is 4.88 Å². The second-order valence-electron chi connectivity index (χ2n) is 8.37. The van der Waals surface area contributed by atoms with Crippen molar-refractivity contribution in [3.05, 3.63) is 81.7 Å². The van der Waals surface area contributed by atoms with Crippen LogP contribution in [0.1, 0.15) is 35.2 Å². The number of Topliss-reactive ketones (excluding diaryl/α,β-unsaturated/α-hetero) is 1. The standard InChI is InChI=1S/C26H23N3O3S/c1-31-21-10-9-15(14-22(21)32-2)25-24-18(12-16(13-20(24)30)23-8-5-11-33-23)28-26-27-17-6-3-4-7-19(17)29(25)26/h3-11,14,16,25H,12-13H2,1-2H3,(H,27,28)/t16-,25+/m1/s1. The molecule has 1 N–H and O–H groups in total. The summed E-state index contributed by atoms with van der Waals surface area (Å²) < 4.78 is 13.2. The van der Waals surface area contributed by atoms with Crippen molar-refractivity contribution in [3.8, 4) is 11.5 Å². The van der Waals surface area contributed by atoms with Gasteiger partial charge in [0.25, 0.3) is 0 Å². The molecule has 0 saturated heterocycles. The van der Waals surface area contributed by atoms with Gasteiger partial charge in [-0.15, -0.1) is 11.3 Å². The zero-order valence-corrected chi connectivity index (χ0v) is 19.2. The number of thiophene rings is 1. The molecule has 33 heavy (non-hydrogen) atoms. The third kappa shape index (κ3) is 3.15. The summed E-state index contributed by atoms with van der Waals surface area (Å²) in [7, 11) is 3.25. The number of allylic oxidation sites excluding steroid dienone is 2. The summed E-state index contributed by atoms with van der Waals surface area (Å²) >= 11 is 1.71. The first-order chi connectivity index (χ1) is 16.2. The van der Waals surface area contributed by atoms with Crippen LogP contribution >= 0.6 is 11.3 Å². The van der Waals surface area contributed by atoms with Crippen LogP contribution in [0, 0.1) is 0 Å². The highest BCUT2D eigenvalue weighted by atomic mass is 32.1. The number of methoxy groups -OCH3 is 2. The first-order valence-electron chi connectivity index (χ1n) is 10.9. The average Bonchev–Trinajstić information content (AvgIpc) is 3.50. The molecule has 0 radical (unpaired) electrons. The van der Waals surface area contributed by atoms with Crippen LogP contribution in [-0.2, 0) is 4.79 Å². The van der Waals surface area contributed by atoms with Gasteiger partial charge in [-0.25, -0.2) is 4.98 Å². The van der Waals surface area contributed by atoms with Crippen molar-refractivity contribution >= 4 is 34.1 Å². The van der Waals surface area contributed by atoms with E-state index in [-0.39, 0.29) is 17.7 Å². The van der Waals surface area contributed by atoms with E-state index in [4.69, 9.17) is 14.5 Å². The lowest BCUT2D eigenvalue weighted by molar-refractivity contribution is -0.116. The maximum absolute atomic E-state index is 13.7. The summed E-state index contributed by atoms with van der Waals surface area (Å²) in [6.07, 6.45) is 1.29. The van der Waals surface area contributed by atoms with Gasteiger partial charge in [0.15, 0.2) is 17.3 Å². The highest BCUT2D eigenvalue weighted by molar-refractivity contribution is 7.10. The third-order valence-corrected chi connectivity index (χ3v) is 7.60. The Morgan fingerprint density at radius 3 is 2.67 bits per heavy atom. The fourth-order valence-corrected chi connectivity index (χ4v) is 5.92. The number of para-hydroxylation sites is 2. The Balaban J connectivity index is 1.55. The number of ketones is 1. The molecule has 2 aromatic heterocycles. The fraction of sp³-hybridized carbons (Fsp3) is 0.231. The van der Waals surface area contributed by atoms with Crippen LogP contribution in [0.2, 0.25) is 0 Å². The maximum Gasteiger partial charge on any atom is 0.209 e. The van der Waals surface area contributed by atoms with Gasteiger partial charge in [0.2, 0.25) is 5.95 Å². The third-order valence-electron chi connectivity index (χ3n) is 6.57. The van der Waals surface area contributed by atoms with E-state index in [0.717, 1.165) is 40.2 Å². The van der Waals surface area contributed by atoms with Gasteiger partial charge in [0.1, 0.15) is 0 Å². The number of nitrogens with one attached hydrogen (secondary N) is 1. The molecule has 3 heterocycles. The van der Waals surface area contributed by atoms with Crippen LogP contribution in [0.15, 0.2) is 71.2 Å². The summed E-state index contributed by atoms with van der Waals surface area (Å²) in [5.41, 5.74) is 4.62. The molecule has 166 valence electrons. The smallest absolute Gasteiger partial charge is 0.209 e. The van der Waals surface area contributed by atoms with E-state index in [9.17, 15) is 4.79 Å². The average molecular weight is 458 g/mol. The highest BCUT2D eigenvalue weighted by Gasteiger charge is 2.40. The first-order valence-corrected chi connectivity index (χ1v) is 11.8. The molecule has 6 rings (SSSR count). The van der Waals surface area contributed by atoms with Crippen LogP contribution in [0.5, 0.6) is 11.5 Å². The largest absolute Gasteiger partial charge is 0.493 e. The number of hydrogen-bond acceptors (Lipinski definition) is 6. The molecule has 0 spiro atoms. The van der Waals surface area contributed by atoms with Gasteiger partial charge < -0.3 is 14.8 Å². The molecular weight excluding hydrogens is 434 g/mol. The minimum Gasteiger partial charge on any atom is -0.493 e. The minimum atomic E-state index is -0.291. The van der Waals surface area contributed by atoms with Crippen molar-refractivity contribution in [2.45, 2.75) is 24.8 Å². The summed E-state index contributed by atoms with van der Waals surface area (Å²) in [5, 5.41) is 5.59. The van der Waals surface area contributed by atoms with E-state index >= 15 is 0 Å². The molecule has 2 aromatic carbocycles. The zero-order chi connectivity index (χ0) is 22.5. The van der Waals surface area contributed by atoms with Crippen molar-refractivity contribution in [2.24, 2.45) is 0 Å². The van der Waals surface area contributed by atoms with Gasteiger partial charge in [-0.1, -0.05) is 24.3 Å². The number of benzene rings is 2. The molecule has 2 aliphatic rings. The number of nitrogens with zero attached hydrogens (tertiary/aromatic N) is 2. The summed E-state index contributed by atoms with van der Waals surface area (Å²) in [4.78, 5) is 19.8. The Bertz CT molecular complexity index is 1400. The number of carbonyl (C=O) groups is 1. The molecular formula is C26H23N3O3S. The van der Waals surface area contributed by atoms with E-state index in [1.54, 1.807) is 25.6 Å². The topological polar surface area (TPSA) is 65.4 Å². The van der Waals surface area contributed by atoms with Crippen molar-refractivity contribution in [1.29, 1.82) is 0 Å². The van der Waals surface area contributed by atoms with Gasteiger partial charge in [-0.2, -0.15) is 0 Å². The van der Waals surface area contributed by atoms with E-state index in [1.807, 2.05) is 36.4 Å². The van der Waals surface area contributed by atoms with Gasteiger partial charge >= 0.3 is 0 Å². The van der Waals surface area contributed by atoms with E-state index in [2.05, 4.69) is 33.5 Å². The molecule has 4 aromatic rings. The lowest BCUT2D eigenvalue weighted by Crippen LogP contribution is -2.33. The van der Waals surface area contributed by atoms with Crippen molar-refractivity contribution in [3.63, 3.8) is 0 Å². The Morgan fingerprint density at radius 2 is 1.88 bits per heavy atom. The van der Waals surface area contributed by atoms with Gasteiger partial charge in [-0.3, -0.25) is 9.36 Å². The van der Waals surface area contributed by atoms with Crippen LogP contribution in [0.4, 0.5) is 5.95 Å². The SMILES string of the molecule is COc1ccc([C@H]2C3=C(C[C@@H](c4cccs4)CC3=O)Nc3nc4ccccc4n32)cc1OC. The molecule has 0 amide bonds. The lowest BCUT2D eigenvalue weighted by atomic mass is 9.79. The number of aromatic nitrogens is 2. The Hall–Kier alpha value is -3.58. The normalized spacial score (nSPS) is 19.8. The van der Waals surface area contributed by atoms with Crippen molar-refractivity contribution in [2.75, 3.05) is 19.5 Å². The molecule has 6 nitrogen and oxygen atoms in total. The predicted molar refractivity (Wildman–Crippen MR) is 129 cm³/mol. The Labute approximate surface area is 195 Å². The molecule has 0 saturated carbocycles. The predicted octanol–water partition coefficient (Wildman–Crippen LogP) is 5.53. The molecule has 0 bridgehead atoms. The monoisotopic (exact) mass is 457 g/mol. The molecule has 7 heteroatoms. The van der Waals surface area contributed by atoms with Gasteiger partial charge in [0.05, 0.1) is 31.3 Å². The van der Waals surface area contributed by atoms with Crippen LogP contribution in [0.3, 0.4) is 0 Å². The van der Waals surface area contributed by atoms with E-state index in [0.29, 0.717) is 17.9 Å². The second kappa shape index (κ2) is 7.78. The number of fused-ring (bicyclic) bond motifs is 3. The van der Waals surface area contributed by atoms with Crippen LogP contribution < -0.4 is 14.8 Å². The van der Waals surface area contributed by atoms with Gasteiger partial charge in [0, 0.05) is 28.5 Å². The first kappa shape index (κ1) is 20.1. The van der Waals surface area contributed by atoms with Crippen LogP contribution in [-0.4, -0.2) is 29.6 Å². The lowest BCUT2D eigenvalue weighted by Gasteiger charge is -2.36. The van der Waals surface area contributed by atoms with Crippen molar-refractivity contribution < 1.29 is 14.3 Å². The van der Waals surface area contributed by atoms with Crippen LogP contribution in [0.25, 0.3) is 11.0 Å². The number of ether oxygens (including phenoxy) is 2. The summed E-state index contributed by atoms with van der Waals surface area (Å²) in [6.45, 7) is 0. The Kier molecular flexibility index (Phi) is 4.73. The number of rotatable bonds is 4. The van der Waals surface area contributed by atoms with Gasteiger partial charge in [-0.05, 0) is 47.7 Å². The minimum absolute atomic E-state index is 0.172. The number of anilines is 1. The van der Waals surface area contributed by atoms with E-state index < -0.39 is 0 Å². The summed E-state index contributed by atoms with van der Waals surface area (Å²) in [6, 6.07) is 17.8. The fourth-order valence-electron chi connectivity index (χ4n) is 5.09. The number of imidazole rings is 1. The molecule has 1 aliphatic heterocycles. The Morgan fingerprint density at radius 1 is 1.03 bits per heavy atom. The quantitative estimate of drug-likeness (QED) is 0.436. The molecule has 0 fully saturated rings. The van der Waals surface area contributed by atoms with Crippen molar-refractivity contribution in [1.82, 2.24) is 9.55 Å². The highest BCUT2D eigenvalue weighted by Crippen LogP contribution is 2.47. The summed E-state index contributed by atoms with van der Waals surface area (Å²) in [5.74, 6) is 2.42. The second-order valence-corrected chi connectivity index (χ2v) is 9.35. The maximum atomic E-state index is 13.7. The zero-order valence-electron chi connectivity index (χ0n) is 18.4.